The first-order valence-electron chi connectivity index (χ1n) is 5.98. The average molecular weight is 250 g/mol. The van der Waals surface area contributed by atoms with Crippen LogP contribution in [0.2, 0.25) is 0 Å². The van der Waals surface area contributed by atoms with Crippen LogP contribution in [0.25, 0.3) is 0 Å². The molecule has 1 amide bonds. The van der Waals surface area contributed by atoms with Crippen molar-refractivity contribution in [3.05, 3.63) is 28.3 Å². The topological polar surface area (TPSA) is 55.6 Å². The van der Waals surface area contributed by atoms with Crippen molar-refractivity contribution in [3.8, 4) is 5.75 Å². The fourth-order valence-corrected chi connectivity index (χ4v) is 2.37. The smallest absolute Gasteiger partial charge is 0.243 e. The molecule has 100 valence electrons. The molecular formula is C14H22N2O2. The van der Waals surface area contributed by atoms with E-state index in [1.54, 1.807) is 14.2 Å². The Hall–Kier alpha value is -1.55. The molecule has 2 N–H and O–H groups in total. The van der Waals surface area contributed by atoms with Gasteiger partial charge >= 0.3 is 0 Å². The predicted octanol–water partition coefficient (Wildman–Crippen LogP) is 2.06. The molecule has 0 aromatic heterocycles. The second kappa shape index (κ2) is 5.40. The molecule has 1 atom stereocenters. The number of methoxy groups -OCH3 is 1. The van der Waals surface area contributed by atoms with Crippen LogP contribution in [0, 0.1) is 20.8 Å². The molecule has 4 nitrogen and oxygen atoms in total. The van der Waals surface area contributed by atoms with Gasteiger partial charge in [-0.2, -0.15) is 0 Å². The van der Waals surface area contributed by atoms with Crippen LogP contribution in [0.1, 0.15) is 35.1 Å². The van der Waals surface area contributed by atoms with Gasteiger partial charge in [-0.25, -0.2) is 5.84 Å². The quantitative estimate of drug-likeness (QED) is 0.507. The minimum atomic E-state index is -0.246. The number of carbonyl (C=O) groups excluding carboxylic acids is 1. The van der Waals surface area contributed by atoms with Gasteiger partial charge in [-0.05, 0) is 56.0 Å². The molecule has 1 aromatic carbocycles. The lowest BCUT2D eigenvalue weighted by Crippen LogP contribution is -2.36. The van der Waals surface area contributed by atoms with Crippen molar-refractivity contribution < 1.29 is 9.53 Å². The molecule has 1 rings (SSSR count). The van der Waals surface area contributed by atoms with Crippen molar-refractivity contribution in [1.29, 1.82) is 0 Å². The number of rotatable bonds is 3. The lowest BCUT2D eigenvalue weighted by molar-refractivity contribution is -0.131. The minimum absolute atomic E-state index is 0.0919. The Morgan fingerprint density at radius 1 is 1.33 bits per heavy atom. The highest BCUT2D eigenvalue weighted by Crippen LogP contribution is 2.32. The summed E-state index contributed by atoms with van der Waals surface area (Å²) in [5.74, 6) is 6.05. The van der Waals surface area contributed by atoms with Gasteiger partial charge in [0, 0.05) is 7.05 Å². The minimum Gasteiger partial charge on any atom is -0.496 e. The van der Waals surface area contributed by atoms with E-state index in [1.807, 2.05) is 33.8 Å². The summed E-state index contributed by atoms with van der Waals surface area (Å²) in [6, 6.07) is 1.97. The van der Waals surface area contributed by atoms with E-state index in [2.05, 4.69) is 0 Å². The standard InChI is InChI=1S/C14H22N2O2/c1-8-7-12(18-6)9(2)10(3)13(8)11(4)14(17)16(5)15/h7,11H,15H2,1-6H3. The molecule has 0 bridgehead atoms. The highest BCUT2D eigenvalue weighted by Gasteiger charge is 2.23. The molecule has 18 heavy (non-hydrogen) atoms. The van der Waals surface area contributed by atoms with Gasteiger partial charge in [0.1, 0.15) is 5.75 Å². The molecule has 0 radical (unpaired) electrons. The number of amides is 1. The molecule has 0 aliphatic carbocycles. The maximum absolute atomic E-state index is 12.0. The number of nitrogens with zero attached hydrogens (tertiary/aromatic N) is 1. The van der Waals surface area contributed by atoms with Gasteiger partial charge in [-0.1, -0.05) is 0 Å². The summed E-state index contributed by atoms with van der Waals surface area (Å²) in [6.07, 6.45) is 0. The van der Waals surface area contributed by atoms with Gasteiger partial charge in [-0.3, -0.25) is 9.80 Å². The molecule has 0 aliphatic rings. The van der Waals surface area contributed by atoms with E-state index in [4.69, 9.17) is 10.6 Å². The fourth-order valence-electron chi connectivity index (χ4n) is 2.37. The van der Waals surface area contributed by atoms with Crippen LogP contribution in [0.4, 0.5) is 0 Å². The average Bonchev–Trinajstić information content (AvgIpc) is 2.32. The highest BCUT2D eigenvalue weighted by molar-refractivity contribution is 5.83. The van der Waals surface area contributed by atoms with E-state index in [1.165, 1.54) is 0 Å². The van der Waals surface area contributed by atoms with Crippen molar-refractivity contribution in [3.63, 3.8) is 0 Å². The van der Waals surface area contributed by atoms with Crippen molar-refractivity contribution in [2.45, 2.75) is 33.6 Å². The van der Waals surface area contributed by atoms with Crippen LogP contribution in [-0.2, 0) is 4.79 Å². The molecule has 0 saturated carbocycles. The number of hydrogen-bond donors (Lipinski definition) is 1. The Balaban J connectivity index is 3.34. The van der Waals surface area contributed by atoms with Crippen molar-refractivity contribution >= 4 is 5.91 Å². The maximum atomic E-state index is 12.0. The fraction of sp³-hybridized carbons (Fsp3) is 0.500. The lowest BCUT2D eigenvalue weighted by Gasteiger charge is -2.22. The monoisotopic (exact) mass is 250 g/mol. The highest BCUT2D eigenvalue weighted by atomic mass is 16.5. The van der Waals surface area contributed by atoms with Gasteiger partial charge in [0.05, 0.1) is 13.0 Å². The lowest BCUT2D eigenvalue weighted by atomic mass is 9.88. The van der Waals surface area contributed by atoms with Gasteiger partial charge in [-0.15, -0.1) is 0 Å². The third-order valence-electron chi connectivity index (χ3n) is 3.48. The van der Waals surface area contributed by atoms with Gasteiger partial charge in [0.15, 0.2) is 0 Å². The zero-order valence-corrected chi connectivity index (χ0v) is 12.0. The van der Waals surface area contributed by atoms with E-state index >= 15 is 0 Å². The number of likely N-dealkylation sites (N-methyl/N-ethyl adjacent to an activating group) is 1. The first-order chi connectivity index (χ1) is 8.31. The number of hydrazine groups is 1. The summed E-state index contributed by atoms with van der Waals surface area (Å²) in [4.78, 5) is 12.0. The molecule has 0 spiro atoms. The largest absolute Gasteiger partial charge is 0.496 e. The first kappa shape index (κ1) is 14.5. The Labute approximate surface area is 109 Å². The van der Waals surface area contributed by atoms with E-state index in [9.17, 15) is 4.79 Å². The molecule has 4 heteroatoms. The molecule has 1 unspecified atom stereocenters. The molecule has 0 saturated heterocycles. The summed E-state index contributed by atoms with van der Waals surface area (Å²) in [5.41, 5.74) is 4.25. The maximum Gasteiger partial charge on any atom is 0.243 e. The van der Waals surface area contributed by atoms with Gasteiger partial charge in [0.2, 0.25) is 5.91 Å². The second-order valence-electron chi connectivity index (χ2n) is 4.73. The van der Waals surface area contributed by atoms with Crippen LogP contribution in [-0.4, -0.2) is 25.1 Å². The third kappa shape index (κ3) is 2.48. The van der Waals surface area contributed by atoms with E-state index < -0.39 is 0 Å². The van der Waals surface area contributed by atoms with Crippen molar-refractivity contribution in [1.82, 2.24) is 5.01 Å². The summed E-state index contributed by atoms with van der Waals surface area (Å²) in [5, 5.41) is 1.14. The Bertz CT molecular complexity index is 467. The third-order valence-corrected chi connectivity index (χ3v) is 3.48. The summed E-state index contributed by atoms with van der Waals surface area (Å²) in [6.45, 7) is 7.89. The van der Waals surface area contributed by atoms with Crippen molar-refractivity contribution in [2.75, 3.05) is 14.2 Å². The van der Waals surface area contributed by atoms with Gasteiger partial charge in [0.25, 0.3) is 0 Å². The molecule has 0 aliphatic heterocycles. The first-order valence-corrected chi connectivity index (χ1v) is 5.98. The number of hydrogen-bond acceptors (Lipinski definition) is 3. The zero-order valence-electron chi connectivity index (χ0n) is 12.0. The summed E-state index contributed by atoms with van der Waals surface area (Å²) in [7, 11) is 3.23. The summed E-state index contributed by atoms with van der Waals surface area (Å²) < 4.78 is 5.33. The van der Waals surface area contributed by atoms with Crippen LogP contribution in [0.3, 0.4) is 0 Å². The zero-order chi connectivity index (χ0) is 14.0. The molecule has 0 fully saturated rings. The number of carbonyl (C=O) groups is 1. The molecular weight excluding hydrogens is 228 g/mol. The SMILES string of the molecule is COc1cc(C)c(C(C)C(=O)N(C)N)c(C)c1C. The predicted molar refractivity (Wildman–Crippen MR) is 72.6 cm³/mol. The van der Waals surface area contributed by atoms with Gasteiger partial charge < -0.3 is 4.74 Å². The number of nitrogens with two attached hydrogens (primary N) is 1. The molecule has 0 heterocycles. The van der Waals surface area contributed by atoms with E-state index in [0.29, 0.717) is 0 Å². The summed E-state index contributed by atoms with van der Waals surface area (Å²) >= 11 is 0. The Morgan fingerprint density at radius 2 is 1.89 bits per heavy atom. The Kier molecular flexibility index (Phi) is 4.35. The molecule has 1 aromatic rings. The number of benzene rings is 1. The van der Waals surface area contributed by atoms with Crippen LogP contribution in [0.15, 0.2) is 6.07 Å². The van der Waals surface area contributed by atoms with Crippen LogP contribution >= 0.6 is 0 Å². The second-order valence-corrected chi connectivity index (χ2v) is 4.73. The van der Waals surface area contributed by atoms with E-state index in [0.717, 1.165) is 33.0 Å². The Morgan fingerprint density at radius 3 is 2.33 bits per heavy atom. The number of aryl methyl sites for hydroxylation is 1. The van der Waals surface area contributed by atoms with Crippen LogP contribution < -0.4 is 10.6 Å². The van der Waals surface area contributed by atoms with Crippen molar-refractivity contribution in [2.24, 2.45) is 5.84 Å². The van der Waals surface area contributed by atoms with E-state index in [-0.39, 0.29) is 11.8 Å². The van der Waals surface area contributed by atoms with Crippen LogP contribution in [0.5, 0.6) is 5.75 Å². The normalized spacial score (nSPS) is 12.2. The number of ether oxygens (including phenoxy) is 1.